The van der Waals surface area contributed by atoms with Gasteiger partial charge in [0.25, 0.3) is 11.6 Å². The van der Waals surface area contributed by atoms with Crippen LogP contribution in [0, 0.1) is 23.0 Å². The van der Waals surface area contributed by atoms with Crippen molar-refractivity contribution in [1.82, 2.24) is 5.32 Å². The van der Waals surface area contributed by atoms with Gasteiger partial charge in [-0.3, -0.25) is 14.9 Å². The van der Waals surface area contributed by atoms with Crippen molar-refractivity contribution in [2.24, 2.45) is 5.92 Å². The first-order valence-electron chi connectivity index (χ1n) is 6.56. The highest BCUT2D eigenvalue weighted by atomic mass is 16.6. The summed E-state index contributed by atoms with van der Waals surface area (Å²) in [6.07, 6.45) is 1.99. The number of aryl methyl sites for hydroxylation is 1. The first-order valence-corrected chi connectivity index (χ1v) is 6.56. The van der Waals surface area contributed by atoms with E-state index < -0.39 is 10.5 Å². The third-order valence-electron chi connectivity index (χ3n) is 3.87. The standard InChI is InChI=1S/C14H18N2O4/c1-9-7-11(16(19)20)5-6-12(9)13(18)15-14(2,8-17)10-3-4-10/h5-7,10,17H,3-4,8H2,1-2H3,(H,15,18). The Kier molecular flexibility index (Phi) is 3.76. The van der Waals surface area contributed by atoms with E-state index in [1.54, 1.807) is 6.92 Å². The number of rotatable bonds is 5. The van der Waals surface area contributed by atoms with Gasteiger partial charge in [-0.05, 0) is 44.2 Å². The maximum atomic E-state index is 12.3. The van der Waals surface area contributed by atoms with Crippen LogP contribution in [0.1, 0.15) is 35.7 Å². The molecular weight excluding hydrogens is 260 g/mol. The van der Waals surface area contributed by atoms with E-state index in [9.17, 15) is 20.0 Å². The van der Waals surface area contributed by atoms with Gasteiger partial charge in [0.2, 0.25) is 0 Å². The molecule has 0 spiro atoms. The number of aliphatic hydroxyl groups is 1. The molecule has 0 bridgehead atoms. The summed E-state index contributed by atoms with van der Waals surface area (Å²) in [5.74, 6) is -0.00403. The van der Waals surface area contributed by atoms with Gasteiger partial charge in [0.1, 0.15) is 0 Å². The highest BCUT2D eigenvalue weighted by Crippen LogP contribution is 2.39. The van der Waals surface area contributed by atoms with E-state index in [-0.39, 0.29) is 18.2 Å². The van der Waals surface area contributed by atoms with Crippen molar-refractivity contribution in [1.29, 1.82) is 0 Å². The van der Waals surface area contributed by atoms with Crippen LogP contribution in [0.2, 0.25) is 0 Å². The van der Waals surface area contributed by atoms with Crippen molar-refractivity contribution in [3.05, 3.63) is 39.4 Å². The summed E-state index contributed by atoms with van der Waals surface area (Å²) in [6.45, 7) is 3.37. The Hall–Kier alpha value is -1.95. The summed E-state index contributed by atoms with van der Waals surface area (Å²) in [7, 11) is 0. The maximum Gasteiger partial charge on any atom is 0.269 e. The van der Waals surface area contributed by atoms with Gasteiger partial charge in [-0.15, -0.1) is 0 Å². The molecule has 1 saturated carbocycles. The molecule has 6 heteroatoms. The van der Waals surface area contributed by atoms with Crippen LogP contribution in [0.4, 0.5) is 5.69 Å². The molecule has 6 nitrogen and oxygen atoms in total. The summed E-state index contributed by atoms with van der Waals surface area (Å²) in [6, 6.07) is 4.14. The fraction of sp³-hybridized carbons (Fsp3) is 0.500. The minimum absolute atomic E-state index is 0.0360. The van der Waals surface area contributed by atoms with Crippen molar-refractivity contribution < 1.29 is 14.8 Å². The molecule has 0 aliphatic heterocycles. The van der Waals surface area contributed by atoms with E-state index in [4.69, 9.17) is 0 Å². The molecule has 2 N–H and O–H groups in total. The lowest BCUT2D eigenvalue weighted by Crippen LogP contribution is -2.50. The second kappa shape index (κ2) is 5.20. The van der Waals surface area contributed by atoms with Gasteiger partial charge >= 0.3 is 0 Å². The predicted molar refractivity (Wildman–Crippen MR) is 73.5 cm³/mol. The van der Waals surface area contributed by atoms with Gasteiger partial charge in [-0.1, -0.05) is 0 Å². The normalized spacial score (nSPS) is 17.4. The molecule has 1 amide bonds. The third-order valence-corrected chi connectivity index (χ3v) is 3.87. The van der Waals surface area contributed by atoms with Crippen molar-refractivity contribution in [2.45, 2.75) is 32.2 Å². The van der Waals surface area contributed by atoms with Crippen molar-refractivity contribution in [3.8, 4) is 0 Å². The average molecular weight is 278 g/mol. The van der Waals surface area contributed by atoms with Crippen LogP contribution >= 0.6 is 0 Å². The van der Waals surface area contributed by atoms with Crippen LogP contribution in [0.5, 0.6) is 0 Å². The molecule has 1 aromatic carbocycles. The number of nitro groups is 1. The maximum absolute atomic E-state index is 12.3. The van der Waals surface area contributed by atoms with Gasteiger partial charge in [0, 0.05) is 17.7 Å². The quantitative estimate of drug-likeness (QED) is 0.634. The van der Waals surface area contributed by atoms with E-state index in [2.05, 4.69) is 5.32 Å². The number of carbonyl (C=O) groups is 1. The number of hydrogen-bond acceptors (Lipinski definition) is 4. The Morgan fingerprint density at radius 3 is 2.65 bits per heavy atom. The molecule has 0 radical (unpaired) electrons. The molecule has 2 rings (SSSR count). The van der Waals surface area contributed by atoms with Crippen molar-refractivity contribution in [3.63, 3.8) is 0 Å². The van der Waals surface area contributed by atoms with Crippen LogP contribution < -0.4 is 5.32 Å². The van der Waals surface area contributed by atoms with E-state index in [0.29, 0.717) is 17.0 Å². The van der Waals surface area contributed by atoms with Gasteiger partial charge < -0.3 is 10.4 Å². The summed E-state index contributed by atoms with van der Waals surface area (Å²) in [4.78, 5) is 22.5. The largest absolute Gasteiger partial charge is 0.394 e. The van der Waals surface area contributed by atoms with E-state index in [1.807, 2.05) is 6.92 Å². The van der Waals surface area contributed by atoms with E-state index >= 15 is 0 Å². The second-order valence-corrected chi connectivity index (χ2v) is 5.56. The summed E-state index contributed by atoms with van der Waals surface area (Å²) in [5, 5.41) is 23.0. The highest BCUT2D eigenvalue weighted by Gasteiger charge is 2.42. The second-order valence-electron chi connectivity index (χ2n) is 5.56. The third kappa shape index (κ3) is 2.80. The Morgan fingerprint density at radius 2 is 2.20 bits per heavy atom. The Labute approximate surface area is 117 Å². The number of nitrogens with one attached hydrogen (secondary N) is 1. The minimum atomic E-state index is -0.620. The fourth-order valence-corrected chi connectivity index (χ4v) is 2.33. The molecule has 0 aromatic heterocycles. The lowest BCUT2D eigenvalue weighted by molar-refractivity contribution is -0.384. The van der Waals surface area contributed by atoms with Crippen LogP contribution in [-0.2, 0) is 0 Å². The molecule has 1 fully saturated rings. The minimum Gasteiger partial charge on any atom is -0.394 e. The smallest absolute Gasteiger partial charge is 0.269 e. The van der Waals surface area contributed by atoms with Gasteiger partial charge in [0.15, 0.2) is 0 Å². The number of aliphatic hydroxyl groups excluding tert-OH is 1. The molecule has 1 aliphatic rings. The molecule has 0 saturated heterocycles. The zero-order valence-electron chi connectivity index (χ0n) is 11.5. The van der Waals surface area contributed by atoms with Crippen molar-refractivity contribution in [2.75, 3.05) is 6.61 Å². The first-order chi connectivity index (χ1) is 9.37. The summed E-state index contributed by atoms with van der Waals surface area (Å²) < 4.78 is 0. The Bertz CT molecular complexity index is 554. The number of nitrogens with zero attached hydrogens (tertiary/aromatic N) is 1. The number of hydrogen-bond donors (Lipinski definition) is 2. The topological polar surface area (TPSA) is 92.5 Å². The van der Waals surface area contributed by atoms with Gasteiger partial charge in [0.05, 0.1) is 17.1 Å². The molecule has 1 unspecified atom stereocenters. The summed E-state index contributed by atoms with van der Waals surface area (Å²) >= 11 is 0. The van der Waals surface area contributed by atoms with Crippen LogP contribution in [0.3, 0.4) is 0 Å². The van der Waals surface area contributed by atoms with Gasteiger partial charge in [-0.2, -0.15) is 0 Å². The Morgan fingerprint density at radius 1 is 1.55 bits per heavy atom. The SMILES string of the molecule is Cc1cc([N+](=O)[O-])ccc1C(=O)NC(C)(CO)C1CC1. The van der Waals surface area contributed by atoms with Gasteiger partial charge in [-0.25, -0.2) is 0 Å². The zero-order valence-corrected chi connectivity index (χ0v) is 11.5. The molecular formula is C14H18N2O4. The zero-order chi connectivity index (χ0) is 14.9. The Balaban J connectivity index is 2.19. The summed E-state index contributed by atoms with van der Waals surface area (Å²) in [5.41, 5.74) is 0.292. The average Bonchev–Trinajstić information content (AvgIpc) is 3.22. The molecule has 1 aliphatic carbocycles. The molecule has 0 heterocycles. The van der Waals surface area contributed by atoms with E-state index in [0.717, 1.165) is 12.8 Å². The molecule has 20 heavy (non-hydrogen) atoms. The number of amides is 1. The van der Waals surface area contributed by atoms with Crippen LogP contribution in [-0.4, -0.2) is 28.1 Å². The number of benzene rings is 1. The van der Waals surface area contributed by atoms with Crippen LogP contribution in [0.25, 0.3) is 0 Å². The number of nitro benzene ring substituents is 1. The van der Waals surface area contributed by atoms with E-state index in [1.165, 1.54) is 18.2 Å². The lowest BCUT2D eigenvalue weighted by Gasteiger charge is -2.29. The molecule has 1 aromatic rings. The van der Waals surface area contributed by atoms with Crippen molar-refractivity contribution >= 4 is 11.6 Å². The number of non-ortho nitro benzene ring substituents is 1. The predicted octanol–water partition coefficient (Wildman–Crippen LogP) is 1.79. The van der Waals surface area contributed by atoms with Crippen LogP contribution in [0.15, 0.2) is 18.2 Å². The molecule has 108 valence electrons. The fourth-order valence-electron chi connectivity index (χ4n) is 2.33. The monoisotopic (exact) mass is 278 g/mol. The highest BCUT2D eigenvalue weighted by molar-refractivity contribution is 5.96. The molecule has 1 atom stereocenters. The number of carbonyl (C=O) groups excluding carboxylic acids is 1. The first kappa shape index (κ1) is 14.5. The lowest BCUT2D eigenvalue weighted by atomic mass is 9.96.